The molecule has 98 valence electrons. The third-order valence-electron chi connectivity index (χ3n) is 2.92. The molecule has 0 bridgehead atoms. The van der Waals surface area contributed by atoms with Crippen molar-refractivity contribution in [3.8, 4) is 11.5 Å². The lowest BCUT2D eigenvalue weighted by Crippen LogP contribution is -2.13. The fourth-order valence-electron chi connectivity index (χ4n) is 2.07. The third-order valence-corrected chi connectivity index (χ3v) is 2.92. The number of ether oxygens (including phenoxy) is 2. The summed E-state index contributed by atoms with van der Waals surface area (Å²) in [7, 11) is 0. The first-order valence-corrected chi connectivity index (χ1v) is 5.89. The molecule has 1 aliphatic rings. The van der Waals surface area contributed by atoms with E-state index in [0.717, 1.165) is 25.7 Å². The summed E-state index contributed by atoms with van der Waals surface area (Å²) in [5.41, 5.74) is 0.282. The van der Waals surface area contributed by atoms with Crippen molar-refractivity contribution < 1.29 is 23.0 Å². The van der Waals surface area contributed by atoms with Crippen LogP contribution in [-0.2, 0) is 0 Å². The molecular formula is C13H14F2O3. The van der Waals surface area contributed by atoms with Crippen molar-refractivity contribution in [2.75, 3.05) is 0 Å². The van der Waals surface area contributed by atoms with Crippen molar-refractivity contribution in [2.24, 2.45) is 0 Å². The highest BCUT2D eigenvalue weighted by atomic mass is 19.3. The molecule has 2 rings (SSSR count). The highest BCUT2D eigenvalue weighted by Crippen LogP contribution is 2.33. The van der Waals surface area contributed by atoms with E-state index in [9.17, 15) is 13.6 Å². The molecule has 0 N–H and O–H groups in total. The maximum atomic E-state index is 12.3. The summed E-state index contributed by atoms with van der Waals surface area (Å²) in [5.74, 6) is 0.189. The second-order valence-electron chi connectivity index (χ2n) is 4.23. The summed E-state index contributed by atoms with van der Waals surface area (Å²) in [5, 5.41) is 0. The van der Waals surface area contributed by atoms with Gasteiger partial charge in [0, 0.05) is 5.56 Å². The van der Waals surface area contributed by atoms with Gasteiger partial charge in [0.25, 0.3) is 0 Å². The fraction of sp³-hybridized carbons (Fsp3) is 0.462. The summed E-state index contributed by atoms with van der Waals surface area (Å²) in [4.78, 5) is 10.6. The summed E-state index contributed by atoms with van der Waals surface area (Å²) in [6.07, 6.45) is 4.64. The first-order chi connectivity index (χ1) is 8.69. The van der Waals surface area contributed by atoms with Crippen LogP contribution in [0.5, 0.6) is 11.5 Å². The van der Waals surface area contributed by atoms with Gasteiger partial charge in [-0.3, -0.25) is 4.79 Å². The minimum absolute atomic E-state index is 0.0482. The number of aldehydes is 1. The monoisotopic (exact) mass is 256 g/mol. The first-order valence-electron chi connectivity index (χ1n) is 5.89. The molecule has 3 nitrogen and oxygen atoms in total. The van der Waals surface area contributed by atoms with E-state index in [1.54, 1.807) is 0 Å². The van der Waals surface area contributed by atoms with Crippen LogP contribution in [0.4, 0.5) is 8.78 Å². The molecule has 5 heteroatoms. The third kappa shape index (κ3) is 3.18. The minimum atomic E-state index is -2.93. The molecule has 0 radical (unpaired) electrons. The van der Waals surface area contributed by atoms with E-state index in [0.29, 0.717) is 6.29 Å². The Balaban J connectivity index is 2.17. The Morgan fingerprint density at radius 2 is 1.94 bits per heavy atom. The van der Waals surface area contributed by atoms with Crippen LogP contribution in [0.25, 0.3) is 0 Å². The van der Waals surface area contributed by atoms with Gasteiger partial charge < -0.3 is 9.47 Å². The smallest absolute Gasteiger partial charge is 0.387 e. The standard InChI is InChI=1S/C13H14F2O3/c14-13(15)18-12-7-9(8-16)5-6-11(12)17-10-3-1-2-4-10/h5-8,10,13H,1-4H2. The maximum absolute atomic E-state index is 12.3. The van der Waals surface area contributed by atoms with Crippen LogP contribution in [0.2, 0.25) is 0 Å². The van der Waals surface area contributed by atoms with Gasteiger partial charge in [-0.25, -0.2) is 0 Å². The Hall–Kier alpha value is -1.65. The van der Waals surface area contributed by atoms with Crippen LogP contribution in [0, 0.1) is 0 Å². The number of carbonyl (C=O) groups excluding carboxylic acids is 1. The molecule has 0 aliphatic heterocycles. The van der Waals surface area contributed by atoms with Crippen LogP contribution in [0.1, 0.15) is 36.0 Å². The Morgan fingerprint density at radius 1 is 1.22 bits per heavy atom. The second-order valence-corrected chi connectivity index (χ2v) is 4.23. The highest BCUT2D eigenvalue weighted by molar-refractivity contribution is 5.76. The molecule has 1 fully saturated rings. The number of carbonyl (C=O) groups is 1. The van der Waals surface area contributed by atoms with E-state index in [2.05, 4.69) is 4.74 Å². The van der Waals surface area contributed by atoms with Crippen LogP contribution in [0.15, 0.2) is 18.2 Å². The zero-order chi connectivity index (χ0) is 13.0. The van der Waals surface area contributed by atoms with E-state index >= 15 is 0 Å². The van der Waals surface area contributed by atoms with Gasteiger partial charge in [-0.05, 0) is 43.9 Å². The van der Waals surface area contributed by atoms with Gasteiger partial charge in [-0.15, -0.1) is 0 Å². The van der Waals surface area contributed by atoms with Crippen molar-refractivity contribution in [1.82, 2.24) is 0 Å². The second kappa shape index (κ2) is 5.80. The van der Waals surface area contributed by atoms with Crippen LogP contribution in [-0.4, -0.2) is 19.0 Å². The van der Waals surface area contributed by atoms with Gasteiger partial charge in [0.05, 0.1) is 6.10 Å². The largest absolute Gasteiger partial charge is 0.487 e. The minimum Gasteiger partial charge on any atom is -0.487 e. The number of alkyl halides is 2. The molecule has 0 heterocycles. The first kappa shape index (κ1) is 12.8. The summed E-state index contributed by atoms with van der Waals surface area (Å²) < 4.78 is 34.6. The number of rotatable bonds is 5. The van der Waals surface area contributed by atoms with Crippen molar-refractivity contribution in [1.29, 1.82) is 0 Å². The van der Waals surface area contributed by atoms with Crippen molar-refractivity contribution in [3.05, 3.63) is 23.8 Å². The molecule has 0 aromatic heterocycles. The molecule has 18 heavy (non-hydrogen) atoms. The predicted octanol–water partition coefficient (Wildman–Crippen LogP) is 3.42. The molecule has 1 aromatic carbocycles. The van der Waals surface area contributed by atoms with E-state index in [1.807, 2.05) is 0 Å². The molecule has 0 unspecified atom stereocenters. The molecule has 1 aliphatic carbocycles. The van der Waals surface area contributed by atoms with E-state index < -0.39 is 6.61 Å². The molecule has 1 saturated carbocycles. The highest BCUT2D eigenvalue weighted by Gasteiger charge is 2.19. The topological polar surface area (TPSA) is 35.5 Å². The molecular weight excluding hydrogens is 242 g/mol. The van der Waals surface area contributed by atoms with E-state index in [4.69, 9.17) is 4.74 Å². The maximum Gasteiger partial charge on any atom is 0.387 e. The van der Waals surface area contributed by atoms with Crippen LogP contribution < -0.4 is 9.47 Å². The van der Waals surface area contributed by atoms with Gasteiger partial charge in [0.1, 0.15) is 6.29 Å². The molecule has 0 amide bonds. The lowest BCUT2D eigenvalue weighted by atomic mass is 10.2. The lowest BCUT2D eigenvalue weighted by Gasteiger charge is -2.16. The molecule has 1 aromatic rings. The number of hydrogen-bond donors (Lipinski definition) is 0. The van der Waals surface area contributed by atoms with Crippen molar-refractivity contribution in [2.45, 2.75) is 38.4 Å². The summed E-state index contributed by atoms with van der Waals surface area (Å²) in [6, 6.07) is 4.29. The predicted molar refractivity (Wildman–Crippen MR) is 61.3 cm³/mol. The SMILES string of the molecule is O=Cc1ccc(OC2CCCC2)c(OC(F)F)c1. The fourth-order valence-corrected chi connectivity index (χ4v) is 2.07. The molecule has 0 atom stereocenters. The van der Waals surface area contributed by atoms with Crippen molar-refractivity contribution >= 4 is 6.29 Å². The Bertz CT molecular complexity index is 415. The summed E-state index contributed by atoms with van der Waals surface area (Å²) >= 11 is 0. The number of benzene rings is 1. The Labute approximate surface area is 104 Å². The lowest BCUT2D eigenvalue weighted by molar-refractivity contribution is -0.0520. The Morgan fingerprint density at radius 3 is 2.56 bits per heavy atom. The van der Waals surface area contributed by atoms with Gasteiger partial charge in [-0.2, -0.15) is 8.78 Å². The average Bonchev–Trinajstić information content (AvgIpc) is 2.83. The summed E-state index contributed by atoms with van der Waals surface area (Å²) in [6.45, 7) is -2.93. The van der Waals surface area contributed by atoms with E-state index in [-0.39, 0.29) is 23.2 Å². The molecule has 0 spiro atoms. The zero-order valence-electron chi connectivity index (χ0n) is 9.77. The van der Waals surface area contributed by atoms with Crippen molar-refractivity contribution in [3.63, 3.8) is 0 Å². The van der Waals surface area contributed by atoms with Gasteiger partial charge in [-0.1, -0.05) is 0 Å². The van der Waals surface area contributed by atoms with Crippen LogP contribution in [0.3, 0.4) is 0 Å². The van der Waals surface area contributed by atoms with Gasteiger partial charge >= 0.3 is 6.61 Å². The molecule has 0 saturated heterocycles. The van der Waals surface area contributed by atoms with Gasteiger partial charge in [0.2, 0.25) is 0 Å². The number of halogens is 2. The van der Waals surface area contributed by atoms with Crippen LogP contribution >= 0.6 is 0 Å². The zero-order valence-corrected chi connectivity index (χ0v) is 9.77. The normalized spacial score (nSPS) is 15.9. The van der Waals surface area contributed by atoms with E-state index in [1.165, 1.54) is 18.2 Å². The average molecular weight is 256 g/mol. The van der Waals surface area contributed by atoms with Gasteiger partial charge in [0.15, 0.2) is 11.5 Å². The Kier molecular flexibility index (Phi) is 4.12. The number of hydrogen-bond acceptors (Lipinski definition) is 3. The quantitative estimate of drug-likeness (QED) is 0.757.